The molecule has 6 aliphatic rings. The second kappa shape index (κ2) is 22.8. The highest BCUT2D eigenvalue weighted by Gasteiger charge is 2.42. The molecule has 3 aliphatic carbocycles. The molecule has 12 aromatic carbocycles. The lowest BCUT2D eigenvalue weighted by molar-refractivity contribution is 0.0175. The molecular weight excluding hydrogens is 1160 g/mol. The number of rotatable bonds is 7. The van der Waals surface area contributed by atoms with E-state index in [0.717, 1.165) is 174 Å². The van der Waals surface area contributed by atoms with Crippen LogP contribution in [0.15, 0.2) is 194 Å². The molecular formula is C84H72ClFO6. The largest absolute Gasteiger partial charge is 0.492 e. The molecule has 8 heteroatoms. The van der Waals surface area contributed by atoms with Crippen molar-refractivity contribution in [3.05, 3.63) is 194 Å². The summed E-state index contributed by atoms with van der Waals surface area (Å²) in [5.74, 6) is 6.56. The van der Waals surface area contributed by atoms with E-state index in [1.807, 2.05) is 0 Å². The number of fused-ring (bicyclic) bond motifs is 21. The van der Waals surface area contributed by atoms with E-state index < -0.39 is 6.17 Å². The van der Waals surface area contributed by atoms with E-state index >= 15 is 4.39 Å². The molecule has 3 saturated carbocycles. The SMILES string of the molecule is CCCC1CCC1C1COc2ccc3ccccc3c2-c2c(ccc3c(-c4cccc5c6c(ccc45)OCC(C4CCC4F)COc4cc(-c5cc7c(c8ccccc58)-c5c(ccc8ccccc58)OCC(C5CCC5Cl)CO7)c5ccccc5c4-6)cccc23)OC1. The normalized spacial score (nSPS) is 23.4. The number of hydrogen-bond acceptors (Lipinski definition) is 6. The van der Waals surface area contributed by atoms with Gasteiger partial charge in [-0.25, -0.2) is 4.39 Å². The molecule has 18 rings (SSSR count). The Morgan fingerprint density at radius 2 is 0.685 bits per heavy atom. The lowest BCUT2D eigenvalue weighted by Gasteiger charge is -2.41. The van der Waals surface area contributed by atoms with Gasteiger partial charge in [0.1, 0.15) is 40.7 Å². The first kappa shape index (κ1) is 56.0. The average Bonchev–Trinajstić information content (AvgIpc) is 0.958. The minimum atomic E-state index is -0.900. The molecule has 0 radical (unpaired) electrons. The quantitative estimate of drug-likeness (QED) is 0.148. The van der Waals surface area contributed by atoms with Gasteiger partial charge in [0.25, 0.3) is 0 Å². The van der Waals surface area contributed by atoms with Crippen LogP contribution in [0.5, 0.6) is 34.5 Å². The fourth-order valence-corrected chi connectivity index (χ4v) is 17.6. The van der Waals surface area contributed by atoms with E-state index in [0.29, 0.717) is 63.8 Å². The molecule has 0 N–H and O–H groups in total. The van der Waals surface area contributed by atoms with Gasteiger partial charge in [-0.3, -0.25) is 0 Å². The summed E-state index contributed by atoms with van der Waals surface area (Å²) in [4.78, 5) is 0. The maximum Gasteiger partial charge on any atom is 0.128 e. The van der Waals surface area contributed by atoms with Crippen molar-refractivity contribution < 1.29 is 32.8 Å². The number of benzene rings is 12. The molecule has 458 valence electrons. The van der Waals surface area contributed by atoms with Crippen molar-refractivity contribution in [1.29, 1.82) is 0 Å². The molecule has 9 unspecified atom stereocenters. The molecule has 9 atom stereocenters. The van der Waals surface area contributed by atoms with Crippen molar-refractivity contribution in [3.63, 3.8) is 0 Å². The Hall–Kier alpha value is -8.78. The summed E-state index contributed by atoms with van der Waals surface area (Å²) in [6.45, 7) is 5.17. The summed E-state index contributed by atoms with van der Waals surface area (Å²) in [5, 5.41) is 13.2. The van der Waals surface area contributed by atoms with Crippen LogP contribution in [0.3, 0.4) is 0 Å². The fraction of sp³-hybridized carbons (Fsp3) is 0.286. The summed E-state index contributed by atoms with van der Waals surface area (Å²) in [5.41, 5.74) is 10.3. The molecule has 0 bridgehead atoms. The Balaban J connectivity index is 0.833. The van der Waals surface area contributed by atoms with Crippen LogP contribution in [0.4, 0.5) is 4.39 Å². The van der Waals surface area contributed by atoms with Crippen LogP contribution >= 0.6 is 11.6 Å². The van der Waals surface area contributed by atoms with Crippen LogP contribution in [0.2, 0.25) is 0 Å². The number of hydrogen-bond donors (Lipinski definition) is 0. The van der Waals surface area contributed by atoms with Crippen LogP contribution < -0.4 is 28.4 Å². The zero-order valence-electron chi connectivity index (χ0n) is 51.8. The lowest BCUT2D eigenvalue weighted by Crippen LogP contribution is -2.39. The van der Waals surface area contributed by atoms with Crippen LogP contribution in [-0.2, 0) is 0 Å². The van der Waals surface area contributed by atoms with Gasteiger partial charge in [-0.2, -0.15) is 0 Å². The third kappa shape index (κ3) is 9.13. The first-order chi connectivity index (χ1) is 45.4. The summed E-state index contributed by atoms with van der Waals surface area (Å²) < 4.78 is 58.7. The van der Waals surface area contributed by atoms with E-state index in [9.17, 15) is 0 Å². The Morgan fingerprint density at radius 1 is 0.326 bits per heavy atom. The average molecular weight is 1230 g/mol. The summed E-state index contributed by atoms with van der Waals surface area (Å²) >= 11 is 6.99. The van der Waals surface area contributed by atoms with Gasteiger partial charge in [-0.1, -0.05) is 177 Å². The molecule has 0 spiro atoms. The second-order valence-corrected chi connectivity index (χ2v) is 27.7. The summed E-state index contributed by atoms with van der Waals surface area (Å²) in [7, 11) is 0. The zero-order chi connectivity index (χ0) is 61.1. The van der Waals surface area contributed by atoms with Crippen molar-refractivity contribution in [2.24, 2.45) is 41.4 Å². The number of ether oxygens (including phenoxy) is 6. The number of alkyl halides is 2. The van der Waals surface area contributed by atoms with E-state index in [2.05, 4.69) is 201 Å². The predicted octanol–water partition coefficient (Wildman–Crippen LogP) is 21.7. The van der Waals surface area contributed by atoms with Gasteiger partial charge in [0, 0.05) is 56.5 Å². The first-order valence-corrected chi connectivity index (χ1v) is 34.2. The molecule has 92 heavy (non-hydrogen) atoms. The van der Waals surface area contributed by atoms with E-state index in [4.69, 9.17) is 40.0 Å². The maximum atomic E-state index is 15.8. The highest BCUT2D eigenvalue weighted by Crippen LogP contribution is 2.56. The van der Waals surface area contributed by atoms with Crippen molar-refractivity contribution >= 4 is 76.2 Å². The van der Waals surface area contributed by atoms with Crippen LogP contribution in [0.25, 0.3) is 120 Å². The Labute approximate surface area is 541 Å². The van der Waals surface area contributed by atoms with Crippen molar-refractivity contribution in [2.45, 2.75) is 69.8 Å². The zero-order valence-corrected chi connectivity index (χ0v) is 52.5. The molecule has 0 saturated heterocycles. The van der Waals surface area contributed by atoms with Gasteiger partial charge < -0.3 is 28.4 Å². The molecule has 3 heterocycles. The summed E-state index contributed by atoms with van der Waals surface area (Å²) in [6.07, 6.45) is 7.48. The maximum absolute atomic E-state index is 15.8. The second-order valence-electron chi connectivity index (χ2n) is 27.1. The van der Waals surface area contributed by atoms with Gasteiger partial charge in [-0.15, -0.1) is 11.6 Å². The minimum Gasteiger partial charge on any atom is -0.492 e. The molecule has 3 aliphatic heterocycles. The van der Waals surface area contributed by atoms with Crippen molar-refractivity contribution in [1.82, 2.24) is 0 Å². The van der Waals surface area contributed by atoms with E-state index in [1.54, 1.807) is 0 Å². The molecule has 0 aromatic heterocycles. The van der Waals surface area contributed by atoms with Gasteiger partial charge in [0.15, 0.2) is 0 Å². The number of halogens is 2. The van der Waals surface area contributed by atoms with E-state index in [1.165, 1.54) is 25.7 Å². The Kier molecular flexibility index (Phi) is 13.9. The fourth-order valence-electron chi connectivity index (χ4n) is 17.1. The third-order valence-corrected chi connectivity index (χ3v) is 22.9. The lowest BCUT2D eigenvalue weighted by atomic mass is 9.65. The topological polar surface area (TPSA) is 55.4 Å². The smallest absolute Gasteiger partial charge is 0.128 e. The monoisotopic (exact) mass is 1230 g/mol. The van der Waals surface area contributed by atoms with Crippen molar-refractivity contribution in [2.75, 3.05) is 39.6 Å². The van der Waals surface area contributed by atoms with Crippen LogP contribution in [0, 0.1) is 41.4 Å². The van der Waals surface area contributed by atoms with Crippen LogP contribution in [0.1, 0.15) is 58.3 Å². The molecule has 0 amide bonds. The Bertz CT molecular complexity index is 4940. The highest BCUT2D eigenvalue weighted by atomic mass is 35.5. The van der Waals surface area contributed by atoms with Gasteiger partial charge >= 0.3 is 0 Å². The highest BCUT2D eigenvalue weighted by molar-refractivity contribution is 6.22. The van der Waals surface area contributed by atoms with Gasteiger partial charge in [0.05, 0.1) is 39.6 Å². The standard InChI is InChI=1S/C84H72ClFO6/c1-2-13-48-26-29-54(48)51-42-87-73-36-27-49-14-3-5-16-57(49)79(73)81-67-24-11-22-59(63(67)32-38-75(81)88-43-51)60-23-12-25-68-64(60)33-39-76-82(68)84-66-21-10-8-19-62(66)70(41-78(84)92-47-53(46-90-76)56-31-35-72(56)86)69-40-77-83(65-20-9-7-18-61(65)69)80-58-17-6-4-15-50(58)28-37-74(80)89-44-52(45-91-77)55-30-34-71(55)85/h3-12,14-25,27-28,32-33,36-41,48,51-56,71-72H,2,13,26,29-31,34-35,42-47H2,1H3. The molecule has 6 nitrogen and oxygen atoms in total. The summed E-state index contributed by atoms with van der Waals surface area (Å²) in [6, 6.07) is 70.3. The Morgan fingerprint density at radius 3 is 1.09 bits per heavy atom. The third-order valence-electron chi connectivity index (χ3n) is 22.3. The van der Waals surface area contributed by atoms with Gasteiger partial charge in [0.2, 0.25) is 0 Å². The first-order valence-electron chi connectivity index (χ1n) is 33.8. The minimum absolute atomic E-state index is 0.0893. The van der Waals surface area contributed by atoms with Gasteiger partial charge in [-0.05, 0) is 185 Å². The molecule has 3 fully saturated rings. The van der Waals surface area contributed by atoms with E-state index in [-0.39, 0.29) is 29.0 Å². The predicted molar refractivity (Wildman–Crippen MR) is 373 cm³/mol. The van der Waals surface area contributed by atoms with Crippen molar-refractivity contribution in [3.8, 4) is 90.1 Å². The van der Waals surface area contributed by atoms with Crippen LogP contribution in [-0.4, -0.2) is 51.2 Å². The molecule has 12 aromatic rings.